The third-order valence-electron chi connectivity index (χ3n) is 3.37. The second-order valence-electron chi connectivity index (χ2n) is 4.68. The van der Waals surface area contributed by atoms with Crippen molar-refractivity contribution < 1.29 is 14.3 Å². The minimum absolute atomic E-state index is 0.00124. The number of piperazine rings is 1. The number of nitrogens with zero attached hydrogens (tertiary/aromatic N) is 2. The Labute approximate surface area is 119 Å². The molecule has 0 aromatic heterocycles. The maximum absolute atomic E-state index is 12.2. The van der Waals surface area contributed by atoms with Crippen LogP contribution in [0.1, 0.15) is 17.3 Å². The van der Waals surface area contributed by atoms with Gasteiger partial charge in [-0.05, 0) is 19.1 Å². The van der Waals surface area contributed by atoms with Gasteiger partial charge in [0.15, 0.2) is 0 Å². The van der Waals surface area contributed by atoms with Crippen molar-refractivity contribution in [1.82, 2.24) is 9.80 Å². The molecule has 0 atom stereocenters. The highest BCUT2D eigenvalue weighted by molar-refractivity contribution is 5.94. The molecule has 5 heteroatoms. The van der Waals surface area contributed by atoms with E-state index in [1.807, 2.05) is 37.3 Å². The highest BCUT2D eigenvalue weighted by Crippen LogP contribution is 2.08. The first-order valence-corrected chi connectivity index (χ1v) is 6.92. The summed E-state index contributed by atoms with van der Waals surface area (Å²) >= 11 is 0. The maximum Gasteiger partial charge on any atom is 0.253 e. The topological polar surface area (TPSA) is 49.9 Å². The lowest BCUT2D eigenvalue weighted by atomic mass is 10.2. The molecule has 108 valence electrons. The molecule has 2 rings (SSSR count). The normalized spacial score (nSPS) is 15.2. The predicted octanol–water partition coefficient (Wildman–Crippen LogP) is 1.01. The van der Waals surface area contributed by atoms with Gasteiger partial charge in [0, 0.05) is 38.3 Å². The summed E-state index contributed by atoms with van der Waals surface area (Å²) in [5.74, 6) is 0.0289. The van der Waals surface area contributed by atoms with Crippen LogP contribution in [0.15, 0.2) is 30.3 Å². The van der Waals surface area contributed by atoms with Crippen LogP contribution in [-0.4, -0.2) is 61.0 Å². The van der Waals surface area contributed by atoms with Gasteiger partial charge in [0.2, 0.25) is 5.91 Å². The molecule has 0 N–H and O–H groups in total. The minimum Gasteiger partial charge on any atom is -0.372 e. The molecule has 1 aromatic carbocycles. The summed E-state index contributed by atoms with van der Waals surface area (Å²) in [5.41, 5.74) is 0.696. The fourth-order valence-corrected chi connectivity index (χ4v) is 2.20. The van der Waals surface area contributed by atoms with E-state index in [2.05, 4.69) is 0 Å². The molecule has 20 heavy (non-hydrogen) atoms. The van der Waals surface area contributed by atoms with Gasteiger partial charge in [0.25, 0.3) is 5.91 Å². The molecule has 0 radical (unpaired) electrons. The lowest BCUT2D eigenvalue weighted by Crippen LogP contribution is -2.51. The van der Waals surface area contributed by atoms with Gasteiger partial charge >= 0.3 is 0 Å². The second kappa shape index (κ2) is 7.05. The second-order valence-corrected chi connectivity index (χ2v) is 4.68. The van der Waals surface area contributed by atoms with E-state index in [0.29, 0.717) is 38.3 Å². The first kappa shape index (κ1) is 14.5. The zero-order valence-electron chi connectivity index (χ0n) is 11.7. The molecule has 1 aliphatic heterocycles. The Bertz CT molecular complexity index is 453. The quantitative estimate of drug-likeness (QED) is 0.824. The van der Waals surface area contributed by atoms with E-state index >= 15 is 0 Å². The number of benzene rings is 1. The van der Waals surface area contributed by atoms with Gasteiger partial charge in [-0.25, -0.2) is 0 Å². The molecule has 1 aromatic rings. The number of rotatable bonds is 4. The molecule has 5 nitrogen and oxygen atoms in total. The third-order valence-corrected chi connectivity index (χ3v) is 3.37. The van der Waals surface area contributed by atoms with Gasteiger partial charge < -0.3 is 14.5 Å². The van der Waals surface area contributed by atoms with Crippen LogP contribution in [0.2, 0.25) is 0 Å². The number of hydrogen-bond donors (Lipinski definition) is 0. The molecule has 1 saturated heterocycles. The molecule has 0 bridgehead atoms. The Morgan fingerprint density at radius 2 is 1.65 bits per heavy atom. The summed E-state index contributed by atoms with van der Waals surface area (Å²) in [6.45, 7) is 4.83. The number of amides is 2. The van der Waals surface area contributed by atoms with Crippen molar-refractivity contribution in [1.29, 1.82) is 0 Å². The summed E-state index contributed by atoms with van der Waals surface area (Å²) in [7, 11) is 0. The Balaban J connectivity index is 1.85. The first-order chi connectivity index (χ1) is 9.72. The highest BCUT2D eigenvalue weighted by atomic mass is 16.5. The maximum atomic E-state index is 12.2. The van der Waals surface area contributed by atoms with E-state index < -0.39 is 0 Å². The van der Waals surface area contributed by atoms with Gasteiger partial charge in [0.05, 0.1) is 0 Å². The lowest BCUT2D eigenvalue weighted by molar-refractivity contribution is -0.137. The van der Waals surface area contributed by atoms with Gasteiger partial charge in [-0.3, -0.25) is 9.59 Å². The molecule has 0 unspecified atom stereocenters. The van der Waals surface area contributed by atoms with E-state index in [-0.39, 0.29) is 18.4 Å². The summed E-state index contributed by atoms with van der Waals surface area (Å²) in [6, 6.07) is 9.23. The fraction of sp³-hybridized carbons (Fsp3) is 0.467. The van der Waals surface area contributed by atoms with Crippen molar-refractivity contribution in [3.63, 3.8) is 0 Å². The Kier molecular flexibility index (Phi) is 5.12. The van der Waals surface area contributed by atoms with Crippen LogP contribution >= 0.6 is 0 Å². The highest BCUT2D eigenvalue weighted by Gasteiger charge is 2.24. The molecule has 1 heterocycles. The zero-order chi connectivity index (χ0) is 14.4. The monoisotopic (exact) mass is 276 g/mol. The summed E-state index contributed by atoms with van der Waals surface area (Å²) in [4.78, 5) is 27.6. The van der Waals surface area contributed by atoms with Crippen LogP contribution < -0.4 is 0 Å². The largest absolute Gasteiger partial charge is 0.372 e. The summed E-state index contributed by atoms with van der Waals surface area (Å²) in [5, 5.41) is 0. The number of ether oxygens (including phenoxy) is 1. The lowest BCUT2D eigenvalue weighted by Gasteiger charge is -2.34. The van der Waals surface area contributed by atoms with Crippen molar-refractivity contribution in [2.24, 2.45) is 0 Å². The SMILES string of the molecule is CCOCC(=O)N1CCN(C(=O)c2ccccc2)CC1. The molecule has 1 fully saturated rings. The van der Waals surface area contributed by atoms with Crippen LogP contribution in [0.3, 0.4) is 0 Å². The Morgan fingerprint density at radius 3 is 2.25 bits per heavy atom. The van der Waals surface area contributed by atoms with Crippen LogP contribution in [-0.2, 0) is 9.53 Å². The Morgan fingerprint density at radius 1 is 1.05 bits per heavy atom. The molecular formula is C15H20N2O3. The fourth-order valence-electron chi connectivity index (χ4n) is 2.20. The van der Waals surface area contributed by atoms with Crippen molar-refractivity contribution in [3.8, 4) is 0 Å². The smallest absolute Gasteiger partial charge is 0.253 e. The van der Waals surface area contributed by atoms with E-state index in [4.69, 9.17) is 4.74 Å². The summed E-state index contributed by atoms with van der Waals surface area (Å²) < 4.78 is 5.12. The van der Waals surface area contributed by atoms with Crippen molar-refractivity contribution >= 4 is 11.8 Å². The zero-order valence-corrected chi connectivity index (χ0v) is 11.7. The van der Waals surface area contributed by atoms with E-state index in [0.717, 1.165) is 0 Å². The van der Waals surface area contributed by atoms with Gasteiger partial charge in [-0.1, -0.05) is 18.2 Å². The van der Waals surface area contributed by atoms with Crippen LogP contribution in [0.25, 0.3) is 0 Å². The predicted molar refractivity (Wildman–Crippen MR) is 75.4 cm³/mol. The van der Waals surface area contributed by atoms with Gasteiger partial charge in [0.1, 0.15) is 6.61 Å². The number of carbonyl (C=O) groups excluding carboxylic acids is 2. The Hall–Kier alpha value is -1.88. The number of hydrogen-bond acceptors (Lipinski definition) is 3. The molecule has 0 spiro atoms. The molecule has 0 aliphatic carbocycles. The van der Waals surface area contributed by atoms with E-state index in [1.165, 1.54) is 0 Å². The van der Waals surface area contributed by atoms with Crippen molar-refractivity contribution in [3.05, 3.63) is 35.9 Å². The average molecular weight is 276 g/mol. The standard InChI is InChI=1S/C15H20N2O3/c1-2-20-12-14(18)16-8-10-17(11-9-16)15(19)13-6-4-3-5-7-13/h3-7H,2,8-12H2,1H3. The summed E-state index contributed by atoms with van der Waals surface area (Å²) in [6.07, 6.45) is 0. The third kappa shape index (κ3) is 3.57. The first-order valence-electron chi connectivity index (χ1n) is 6.92. The van der Waals surface area contributed by atoms with Gasteiger partial charge in [-0.15, -0.1) is 0 Å². The van der Waals surface area contributed by atoms with Crippen molar-refractivity contribution in [2.45, 2.75) is 6.92 Å². The average Bonchev–Trinajstić information content (AvgIpc) is 2.53. The number of carbonyl (C=O) groups is 2. The van der Waals surface area contributed by atoms with E-state index in [9.17, 15) is 9.59 Å². The molecular weight excluding hydrogens is 256 g/mol. The molecule has 1 aliphatic rings. The van der Waals surface area contributed by atoms with Crippen molar-refractivity contribution in [2.75, 3.05) is 39.4 Å². The molecule has 0 saturated carbocycles. The minimum atomic E-state index is -0.00124. The van der Waals surface area contributed by atoms with Gasteiger partial charge in [-0.2, -0.15) is 0 Å². The van der Waals surface area contributed by atoms with Crippen LogP contribution in [0, 0.1) is 0 Å². The molecule has 2 amide bonds. The van der Waals surface area contributed by atoms with E-state index in [1.54, 1.807) is 9.80 Å². The van der Waals surface area contributed by atoms with Crippen LogP contribution in [0.4, 0.5) is 0 Å². The van der Waals surface area contributed by atoms with Crippen LogP contribution in [0.5, 0.6) is 0 Å².